The molecule has 1 aromatic rings. The van der Waals surface area contributed by atoms with E-state index in [2.05, 4.69) is 24.1 Å². The van der Waals surface area contributed by atoms with Gasteiger partial charge in [0, 0.05) is 12.7 Å². The van der Waals surface area contributed by atoms with Gasteiger partial charge in [-0.05, 0) is 51.5 Å². The van der Waals surface area contributed by atoms with Crippen molar-refractivity contribution in [3.63, 3.8) is 0 Å². The molecular formula is C19H30N2O3. The fraction of sp³-hybridized carbons (Fsp3) is 0.684. The number of nitrogens with zero attached hydrogens (tertiary/aromatic N) is 1. The number of anilines is 1. The van der Waals surface area contributed by atoms with Crippen LogP contribution < -0.4 is 10.1 Å². The van der Waals surface area contributed by atoms with Gasteiger partial charge in [-0.3, -0.25) is 4.79 Å². The van der Waals surface area contributed by atoms with E-state index in [1.807, 2.05) is 19.9 Å². The number of aryl methyl sites for hydroxylation is 1. The first-order valence-electron chi connectivity index (χ1n) is 9.06. The predicted octanol–water partition coefficient (Wildman–Crippen LogP) is 4.10. The Morgan fingerprint density at radius 1 is 1.42 bits per heavy atom. The number of carbonyl (C=O) groups is 1. The van der Waals surface area contributed by atoms with Crippen molar-refractivity contribution in [2.75, 3.05) is 18.5 Å². The van der Waals surface area contributed by atoms with Gasteiger partial charge in [0.1, 0.15) is 5.60 Å². The second-order valence-electron chi connectivity index (χ2n) is 6.71. The highest BCUT2D eigenvalue weighted by Gasteiger charge is 2.42. The van der Waals surface area contributed by atoms with Gasteiger partial charge < -0.3 is 14.8 Å². The average molecular weight is 334 g/mol. The lowest BCUT2D eigenvalue weighted by molar-refractivity contribution is -0.148. The van der Waals surface area contributed by atoms with E-state index in [0.29, 0.717) is 25.0 Å². The Balaban J connectivity index is 2.15. The van der Waals surface area contributed by atoms with Crippen molar-refractivity contribution in [3.8, 4) is 5.88 Å². The van der Waals surface area contributed by atoms with Crippen LogP contribution in [0, 0.1) is 12.8 Å². The largest absolute Gasteiger partial charge is 0.478 e. The molecule has 1 heterocycles. The average Bonchev–Trinajstić information content (AvgIpc) is 2.55. The Bertz CT molecular complexity index is 562. The Hall–Kier alpha value is -1.62. The van der Waals surface area contributed by atoms with Crippen LogP contribution in [0.2, 0.25) is 0 Å². The first kappa shape index (κ1) is 18.7. The third-order valence-corrected chi connectivity index (χ3v) is 4.55. The highest BCUT2D eigenvalue weighted by Crippen LogP contribution is 2.36. The first-order valence-corrected chi connectivity index (χ1v) is 9.06. The number of amides is 1. The van der Waals surface area contributed by atoms with E-state index in [-0.39, 0.29) is 5.91 Å². The number of pyridine rings is 1. The molecule has 1 fully saturated rings. The van der Waals surface area contributed by atoms with Gasteiger partial charge in [0.05, 0.1) is 18.0 Å². The van der Waals surface area contributed by atoms with Gasteiger partial charge in [-0.2, -0.15) is 0 Å². The van der Waals surface area contributed by atoms with Crippen LogP contribution >= 0.6 is 0 Å². The molecule has 5 heteroatoms. The SMILES string of the molecule is CCCO[C@]1(C(=O)Nc2ccc(OCC)nc2C)CCC[C@H](C)C1. The molecule has 0 saturated heterocycles. The lowest BCUT2D eigenvalue weighted by atomic mass is 9.78. The van der Waals surface area contributed by atoms with Gasteiger partial charge in [-0.1, -0.05) is 20.3 Å². The molecule has 1 aliphatic rings. The van der Waals surface area contributed by atoms with Crippen molar-refractivity contribution >= 4 is 11.6 Å². The standard InChI is InChI=1S/C19H30N2O3/c1-5-12-24-19(11-7-8-14(3)13-19)18(22)21-16-9-10-17(23-6-2)20-15(16)4/h9-10,14H,5-8,11-13H2,1-4H3,(H,21,22)/t14-,19+/m0/s1. The van der Waals surface area contributed by atoms with Gasteiger partial charge in [0.15, 0.2) is 0 Å². The third kappa shape index (κ3) is 4.47. The fourth-order valence-corrected chi connectivity index (χ4v) is 3.34. The van der Waals surface area contributed by atoms with Crippen LogP contribution in [-0.2, 0) is 9.53 Å². The van der Waals surface area contributed by atoms with Gasteiger partial charge in [-0.15, -0.1) is 0 Å². The quantitative estimate of drug-likeness (QED) is 0.815. The Morgan fingerprint density at radius 2 is 2.21 bits per heavy atom. The van der Waals surface area contributed by atoms with Gasteiger partial charge >= 0.3 is 0 Å². The number of aromatic nitrogens is 1. The van der Waals surface area contributed by atoms with Gasteiger partial charge in [0.2, 0.25) is 5.88 Å². The van der Waals surface area contributed by atoms with Crippen LogP contribution in [-0.4, -0.2) is 29.7 Å². The van der Waals surface area contributed by atoms with E-state index in [9.17, 15) is 4.79 Å². The maximum atomic E-state index is 13.0. The summed E-state index contributed by atoms with van der Waals surface area (Å²) in [4.78, 5) is 17.4. The number of nitrogens with one attached hydrogen (secondary N) is 1. The molecule has 0 spiro atoms. The monoisotopic (exact) mass is 334 g/mol. The number of carbonyl (C=O) groups excluding carboxylic acids is 1. The van der Waals surface area contributed by atoms with E-state index < -0.39 is 5.60 Å². The van der Waals surface area contributed by atoms with Gasteiger partial charge in [0.25, 0.3) is 5.91 Å². The van der Waals surface area contributed by atoms with E-state index >= 15 is 0 Å². The molecule has 1 aromatic heterocycles. The zero-order valence-electron chi connectivity index (χ0n) is 15.4. The minimum Gasteiger partial charge on any atom is -0.478 e. The maximum Gasteiger partial charge on any atom is 0.256 e. The molecule has 2 atom stereocenters. The van der Waals surface area contributed by atoms with Crippen LogP contribution in [0.25, 0.3) is 0 Å². The van der Waals surface area contributed by atoms with Crippen molar-refractivity contribution < 1.29 is 14.3 Å². The molecule has 134 valence electrons. The zero-order chi connectivity index (χ0) is 17.6. The molecule has 5 nitrogen and oxygen atoms in total. The summed E-state index contributed by atoms with van der Waals surface area (Å²) in [7, 11) is 0. The normalized spacial score (nSPS) is 23.8. The van der Waals surface area contributed by atoms with E-state index in [1.54, 1.807) is 6.07 Å². The summed E-state index contributed by atoms with van der Waals surface area (Å²) in [6, 6.07) is 3.64. The molecule has 2 rings (SSSR count). The Morgan fingerprint density at radius 3 is 2.83 bits per heavy atom. The van der Waals surface area contributed by atoms with Crippen LogP contribution in [0.5, 0.6) is 5.88 Å². The van der Waals surface area contributed by atoms with Crippen molar-refractivity contribution in [2.45, 2.75) is 65.4 Å². The van der Waals surface area contributed by atoms with E-state index in [0.717, 1.165) is 43.5 Å². The minimum atomic E-state index is -0.710. The Kier molecular flexibility index (Phi) is 6.60. The molecular weight excluding hydrogens is 304 g/mol. The van der Waals surface area contributed by atoms with Crippen molar-refractivity contribution in [3.05, 3.63) is 17.8 Å². The number of ether oxygens (including phenoxy) is 2. The van der Waals surface area contributed by atoms with Gasteiger partial charge in [-0.25, -0.2) is 4.98 Å². The molecule has 0 unspecified atom stereocenters. The minimum absolute atomic E-state index is 0.0449. The highest BCUT2D eigenvalue weighted by molar-refractivity contribution is 5.97. The molecule has 0 aromatic carbocycles. The molecule has 0 bridgehead atoms. The number of hydrogen-bond acceptors (Lipinski definition) is 4. The molecule has 0 aliphatic heterocycles. The van der Waals surface area contributed by atoms with Crippen LogP contribution in [0.3, 0.4) is 0 Å². The third-order valence-electron chi connectivity index (χ3n) is 4.55. The first-order chi connectivity index (χ1) is 11.5. The Labute approximate surface area is 145 Å². The van der Waals surface area contributed by atoms with Crippen LogP contribution in [0.4, 0.5) is 5.69 Å². The summed E-state index contributed by atoms with van der Waals surface area (Å²) in [6.45, 7) is 9.25. The zero-order valence-corrected chi connectivity index (χ0v) is 15.4. The molecule has 1 saturated carbocycles. The lowest BCUT2D eigenvalue weighted by Gasteiger charge is -2.38. The smallest absolute Gasteiger partial charge is 0.256 e. The fourth-order valence-electron chi connectivity index (χ4n) is 3.34. The van der Waals surface area contributed by atoms with E-state index in [4.69, 9.17) is 9.47 Å². The summed E-state index contributed by atoms with van der Waals surface area (Å²) in [5, 5.41) is 3.04. The summed E-state index contributed by atoms with van der Waals surface area (Å²) in [5.41, 5.74) is 0.767. The molecule has 24 heavy (non-hydrogen) atoms. The van der Waals surface area contributed by atoms with Crippen molar-refractivity contribution in [1.82, 2.24) is 4.98 Å². The summed E-state index contributed by atoms with van der Waals surface area (Å²) < 4.78 is 11.5. The van der Waals surface area contributed by atoms with Crippen molar-refractivity contribution in [1.29, 1.82) is 0 Å². The number of rotatable bonds is 7. The number of hydrogen-bond donors (Lipinski definition) is 1. The molecule has 0 radical (unpaired) electrons. The lowest BCUT2D eigenvalue weighted by Crippen LogP contribution is -2.49. The van der Waals surface area contributed by atoms with Crippen LogP contribution in [0.15, 0.2) is 12.1 Å². The molecule has 1 aliphatic carbocycles. The molecule has 1 amide bonds. The topological polar surface area (TPSA) is 60.5 Å². The summed E-state index contributed by atoms with van der Waals surface area (Å²) >= 11 is 0. The van der Waals surface area contributed by atoms with E-state index in [1.165, 1.54) is 0 Å². The second-order valence-corrected chi connectivity index (χ2v) is 6.71. The summed E-state index contributed by atoms with van der Waals surface area (Å²) in [6.07, 6.45) is 4.66. The molecule has 1 N–H and O–H groups in total. The van der Waals surface area contributed by atoms with Crippen molar-refractivity contribution in [2.24, 2.45) is 5.92 Å². The summed E-state index contributed by atoms with van der Waals surface area (Å²) in [5.74, 6) is 1.04. The maximum absolute atomic E-state index is 13.0. The highest BCUT2D eigenvalue weighted by atomic mass is 16.5. The van der Waals surface area contributed by atoms with Crippen LogP contribution in [0.1, 0.15) is 58.6 Å². The predicted molar refractivity (Wildman–Crippen MR) is 95.4 cm³/mol. The second kappa shape index (κ2) is 8.47.